The molecule has 0 spiro atoms. The Morgan fingerprint density at radius 1 is 1.00 bits per heavy atom. The molecular weight excluding hydrogens is 386 g/mol. The third kappa shape index (κ3) is 4.87. The van der Waals surface area contributed by atoms with Crippen molar-refractivity contribution in [3.63, 3.8) is 0 Å². The van der Waals surface area contributed by atoms with Crippen LogP contribution in [0.3, 0.4) is 0 Å². The van der Waals surface area contributed by atoms with Gasteiger partial charge in [0.2, 0.25) is 5.76 Å². The first-order valence-corrected chi connectivity index (χ1v) is 10.2. The summed E-state index contributed by atoms with van der Waals surface area (Å²) in [7, 11) is 0. The van der Waals surface area contributed by atoms with Crippen LogP contribution < -0.4 is 0 Å². The van der Waals surface area contributed by atoms with Crippen molar-refractivity contribution < 1.29 is 18.7 Å². The molecular formula is C19H26BrNO4. The maximum atomic E-state index is 12.9. The molecule has 2 fully saturated rings. The van der Waals surface area contributed by atoms with Gasteiger partial charge in [0.15, 0.2) is 11.3 Å². The van der Waals surface area contributed by atoms with Crippen LogP contribution in [0, 0.1) is 0 Å². The zero-order valence-corrected chi connectivity index (χ0v) is 16.1. The molecule has 0 saturated heterocycles. The second-order valence-electron chi connectivity index (χ2n) is 7.06. The lowest BCUT2D eigenvalue weighted by atomic mass is 9.88. The Bertz CT molecular complexity index is 570. The summed E-state index contributed by atoms with van der Waals surface area (Å²) in [6, 6.07) is 3.78. The van der Waals surface area contributed by atoms with Gasteiger partial charge in [-0.2, -0.15) is 0 Å². The van der Waals surface area contributed by atoms with E-state index in [1.54, 1.807) is 6.07 Å². The van der Waals surface area contributed by atoms with Crippen LogP contribution in [0.2, 0.25) is 0 Å². The number of carbonyl (C=O) groups excluding carboxylic acids is 2. The minimum absolute atomic E-state index is 0.0576. The van der Waals surface area contributed by atoms with Crippen molar-refractivity contribution in [1.29, 1.82) is 0 Å². The van der Waals surface area contributed by atoms with Gasteiger partial charge in [0.25, 0.3) is 5.91 Å². The Morgan fingerprint density at radius 3 is 2.04 bits per heavy atom. The molecule has 0 N–H and O–H groups in total. The summed E-state index contributed by atoms with van der Waals surface area (Å²) in [5, 5.41) is 0. The van der Waals surface area contributed by atoms with Crippen LogP contribution in [-0.4, -0.2) is 35.5 Å². The second kappa shape index (κ2) is 8.88. The highest BCUT2D eigenvalue weighted by atomic mass is 79.9. The molecule has 0 atom stereocenters. The van der Waals surface area contributed by atoms with Crippen molar-refractivity contribution in [2.24, 2.45) is 0 Å². The van der Waals surface area contributed by atoms with Crippen LogP contribution in [0.25, 0.3) is 0 Å². The standard InChI is InChI=1S/C19H26BrNO4/c20-17-12-11-16(25-17)19(23)24-13-18(22)21(14-7-3-1-4-8-14)15-9-5-2-6-10-15/h11-12,14-15H,1-10,13H2. The summed E-state index contributed by atoms with van der Waals surface area (Å²) in [4.78, 5) is 27.0. The number of esters is 1. The van der Waals surface area contributed by atoms with Crippen molar-refractivity contribution >= 4 is 27.8 Å². The molecule has 138 valence electrons. The van der Waals surface area contributed by atoms with Crippen LogP contribution in [0.15, 0.2) is 21.2 Å². The van der Waals surface area contributed by atoms with Gasteiger partial charge in [0.1, 0.15) is 0 Å². The van der Waals surface area contributed by atoms with E-state index in [0.717, 1.165) is 25.7 Å². The second-order valence-corrected chi connectivity index (χ2v) is 7.85. The number of amides is 1. The maximum absolute atomic E-state index is 12.9. The van der Waals surface area contributed by atoms with Crippen LogP contribution in [0.4, 0.5) is 0 Å². The Balaban J connectivity index is 1.62. The largest absolute Gasteiger partial charge is 0.450 e. The normalized spacial score (nSPS) is 19.6. The number of hydrogen-bond donors (Lipinski definition) is 0. The van der Waals surface area contributed by atoms with E-state index in [4.69, 9.17) is 9.15 Å². The third-order valence-corrected chi connectivity index (χ3v) is 5.75. The molecule has 0 bridgehead atoms. The lowest BCUT2D eigenvalue weighted by Gasteiger charge is -2.41. The quantitative estimate of drug-likeness (QED) is 0.659. The van der Waals surface area contributed by atoms with Crippen LogP contribution >= 0.6 is 15.9 Å². The number of halogens is 1. The van der Waals surface area contributed by atoms with Gasteiger partial charge in [-0.15, -0.1) is 0 Å². The first kappa shape index (κ1) is 18.5. The summed E-state index contributed by atoms with van der Waals surface area (Å²) >= 11 is 3.16. The summed E-state index contributed by atoms with van der Waals surface area (Å²) in [5.41, 5.74) is 0. The van der Waals surface area contributed by atoms with E-state index in [2.05, 4.69) is 20.8 Å². The van der Waals surface area contributed by atoms with Gasteiger partial charge in [-0.3, -0.25) is 4.79 Å². The number of hydrogen-bond acceptors (Lipinski definition) is 4. The molecule has 0 unspecified atom stereocenters. The molecule has 0 radical (unpaired) electrons. The molecule has 1 aromatic rings. The summed E-state index contributed by atoms with van der Waals surface area (Å²) < 4.78 is 10.9. The maximum Gasteiger partial charge on any atom is 0.374 e. The van der Waals surface area contributed by atoms with E-state index in [1.807, 2.05) is 0 Å². The number of carbonyl (C=O) groups is 2. The van der Waals surface area contributed by atoms with Crippen LogP contribution in [-0.2, 0) is 9.53 Å². The van der Waals surface area contributed by atoms with Gasteiger partial charge < -0.3 is 14.1 Å². The third-order valence-electron chi connectivity index (χ3n) is 5.33. The van der Waals surface area contributed by atoms with E-state index >= 15 is 0 Å². The number of ether oxygens (including phenoxy) is 1. The average Bonchev–Trinajstić information content (AvgIpc) is 3.08. The molecule has 25 heavy (non-hydrogen) atoms. The summed E-state index contributed by atoms with van der Waals surface area (Å²) in [5.74, 6) is -0.536. The molecule has 0 aromatic carbocycles. The molecule has 2 aliphatic carbocycles. The molecule has 6 heteroatoms. The van der Waals surface area contributed by atoms with Crippen molar-refractivity contribution in [1.82, 2.24) is 4.90 Å². The van der Waals surface area contributed by atoms with E-state index in [9.17, 15) is 9.59 Å². The summed E-state index contributed by atoms with van der Waals surface area (Å²) in [6.45, 7) is -0.204. The Morgan fingerprint density at radius 2 is 1.56 bits per heavy atom. The first-order chi connectivity index (χ1) is 12.1. The molecule has 0 aliphatic heterocycles. The monoisotopic (exact) mass is 411 g/mol. The SMILES string of the molecule is O=C(OCC(=O)N(C1CCCCC1)C1CCCCC1)c1ccc(Br)o1. The van der Waals surface area contributed by atoms with Gasteiger partial charge in [0.05, 0.1) is 0 Å². The Kier molecular flexibility index (Phi) is 6.57. The smallest absolute Gasteiger partial charge is 0.374 e. The van der Waals surface area contributed by atoms with Crippen molar-refractivity contribution in [3.8, 4) is 0 Å². The highest BCUT2D eigenvalue weighted by molar-refractivity contribution is 9.10. The van der Waals surface area contributed by atoms with Gasteiger partial charge >= 0.3 is 5.97 Å². The van der Waals surface area contributed by atoms with Crippen molar-refractivity contribution in [2.75, 3.05) is 6.61 Å². The van der Waals surface area contributed by atoms with E-state index < -0.39 is 5.97 Å². The molecule has 2 saturated carbocycles. The first-order valence-electron chi connectivity index (χ1n) is 9.39. The average molecular weight is 412 g/mol. The number of furan rings is 1. The van der Waals surface area contributed by atoms with Gasteiger partial charge in [-0.05, 0) is 53.7 Å². The summed E-state index contributed by atoms with van der Waals surface area (Å²) in [6.07, 6.45) is 11.5. The predicted molar refractivity (Wildman–Crippen MR) is 97.3 cm³/mol. The predicted octanol–water partition coefficient (Wildman–Crippen LogP) is 4.69. The Hall–Kier alpha value is -1.30. The fourth-order valence-corrected chi connectivity index (χ4v) is 4.43. The number of nitrogens with zero attached hydrogens (tertiary/aromatic N) is 1. The van der Waals surface area contributed by atoms with E-state index in [1.165, 1.54) is 44.6 Å². The number of rotatable bonds is 5. The highest BCUT2D eigenvalue weighted by Gasteiger charge is 2.33. The molecule has 5 nitrogen and oxygen atoms in total. The fourth-order valence-electron chi connectivity index (χ4n) is 4.12. The van der Waals surface area contributed by atoms with Gasteiger partial charge in [0, 0.05) is 12.1 Å². The highest BCUT2D eigenvalue weighted by Crippen LogP contribution is 2.30. The zero-order chi connectivity index (χ0) is 17.6. The Labute approximate surface area is 157 Å². The molecule has 3 rings (SSSR count). The van der Waals surface area contributed by atoms with Crippen LogP contribution in [0.1, 0.15) is 74.8 Å². The molecule has 1 amide bonds. The zero-order valence-electron chi connectivity index (χ0n) is 14.5. The molecule has 2 aliphatic rings. The van der Waals surface area contributed by atoms with E-state index in [-0.39, 0.29) is 18.3 Å². The molecule has 1 heterocycles. The fraction of sp³-hybridized carbons (Fsp3) is 0.684. The van der Waals surface area contributed by atoms with Crippen LogP contribution in [0.5, 0.6) is 0 Å². The lowest BCUT2D eigenvalue weighted by molar-refractivity contribution is -0.141. The van der Waals surface area contributed by atoms with Gasteiger partial charge in [-0.1, -0.05) is 38.5 Å². The van der Waals surface area contributed by atoms with E-state index in [0.29, 0.717) is 16.8 Å². The van der Waals surface area contributed by atoms with Crippen molar-refractivity contribution in [2.45, 2.75) is 76.3 Å². The van der Waals surface area contributed by atoms with Gasteiger partial charge in [-0.25, -0.2) is 4.79 Å². The topological polar surface area (TPSA) is 59.8 Å². The lowest BCUT2D eigenvalue weighted by Crippen LogP contribution is -2.50. The minimum Gasteiger partial charge on any atom is -0.450 e. The minimum atomic E-state index is -0.591. The molecule has 1 aromatic heterocycles. The van der Waals surface area contributed by atoms with Crippen molar-refractivity contribution in [3.05, 3.63) is 22.6 Å².